The molecule has 112 valence electrons. The van der Waals surface area contributed by atoms with Crippen molar-refractivity contribution in [2.45, 2.75) is 56.9 Å². The smallest absolute Gasteiger partial charge is 0.152 e. The summed E-state index contributed by atoms with van der Waals surface area (Å²) in [5, 5.41) is 0. The van der Waals surface area contributed by atoms with Crippen LogP contribution in [-0.2, 0) is 0 Å². The number of aromatic nitrogens is 4. The van der Waals surface area contributed by atoms with E-state index in [9.17, 15) is 0 Å². The fraction of sp³-hybridized carbons (Fsp3) is 0.600. The topological polar surface area (TPSA) is 87.7 Å². The van der Waals surface area contributed by atoms with Crippen LogP contribution in [0.15, 0.2) is 12.5 Å². The van der Waals surface area contributed by atoms with Crippen LogP contribution in [0.2, 0.25) is 0 Å². The molecular formula is C15H22N6. The van der Waals surface area contributed by atoms with Gasteiger partial charge in [-0.3, -0.25) is 0 Å². The zero-order valence-corrected chi connectivity index (χ0v) is 12.2. The first kappa shape index (κ1) is 12.7. The first-order valence-corrected chi connectivity index (χ1v) is 7.91. The Balaban J connectivity index is 1.73. The zero-order chi connectivity index (χ0) is 14.4. The highest BCUT2D eigenvalue weighted by atomic mass is 15.4. The molecule has 2 aliphatic carbocycles. The second kappa shape index (κ2) is 4.79. The molecule has 4 rings (SSSR count). The Morgan fingerprint density at radius 2 is 1.86 bits per heavy atom. The van der Waals surface area contributed by atoms with Crippen molar-refractivity contribution in [1.82, 2.24) is 19.2 Å². The van der Waals surface area contributed by atoms with Crippen molar-refractivity contribution in [1.29, 1.82) is 0 Å². The zero-order valence-electron chi connectivity index (χ0n) is 12.2. The van der Waals surface area contributed by atoms with Gasteiger partial charge in [0.15, 0.2) is 5.82 Å². The molecular weight excluding hydrogens is 264 g/mol. The van der Waals surface area contributed by atoms with Crippen LogP contribution < -0.4 is 11.6 Å². The van der Waals surface area contributed by atoms with Gasteiger partial charge in [-0.15, -0.1) is 0 Å². The Morgan fingerprint density at radius 1 is 1.10 bits per heavy atom. The lowest BCUT2D eigenvalue weighted by Crippen LogP contribution is -2.19. The summed E-state index contributed by atoms with van der Waals surface area (Å²) >= 11 is 0. The molecule has 21 heavy (non-hydrogen) atoms. The summed E-state index contributed by atoms with van der Waals surface area (Å²) in [4.78, 5) is 9.07. The minimum atomic E-state index is 0.442. The standard InChI is InChI=1S/C15H22N6/c16-14-13(12-8-18-9-20(12)11-6-7-11)19-15(21(14)17)10-4-2-1-3-5-10/h8-11H,1-7,16-17H2. The summed E-state index contributed by atoms with van der Waals surface area (Å²) < 4.78 is 3.78. The SMILES string of the molecule is Nc1c(-c2cncn2C2CC2)nc(C2CCCCC2)n1N. The third-order valence-electron chi connectivity index (χ3n) is 4.79. The number of anilines is 1. The highest BCUT2D eigenvalue weighted by Crippen LogP contribution is 2.40. The molecule has 0 amide bonds. The van der Waals surface area contributed by atoms with Crippen molar-refractivity contribution in [3.8, 4) is 11.4 Å². The molecule has 2 aliphatic rings. The molecule has 0 saturated heterocycles. The lowest BCUT2D eigenvalue weighted by Gasteiger charge is -2.20. The first-order chi connectivity index (χ1) is 10.3. The Bertz CT molecular complexity index is 645. The molecule has 2 aromatic heterocycles. The van der Waals surface area contributed by atoms with Gasteiger partial charge in [0.1, 0.15) is 11.5 Å². The van der Waals surface area contributed by atoms with Gasteiger partial charge in [-0.1, -0.05) is 19.3 Å². The van der Waals surface area contributed by atoms with Crippen LogP contribution in [0.4, 0.5) is 5.82 Å². The Hall–Kier alpha value is -1.98. The fourth-order valence-electron chi connectivity index (χ4n) is 3.43. The maximum Gasteiger partial charge on any atom is 0.152 e. The predicted octanol–water partition coefficient (Wildman–Crippen LogP) is 2.43. The molecule has 0 spiro atoms. The Labute approximate surface area is 124 Å². The van der Waals surface area contributed by atoms with Crippen molar-refractivity contribution in [3.05, 3.63) is 18.3 Å². The Morgan fingerprint density at radius 3 is 2.57 bits per heavy atom. The number of hydrogen-bond donors (Lipinski definition) is 2. The lowest BCUT2D eigenvalue weighted by atomic mass is 9.89. The van der Waals surface area contributed by atoms with Gasteiger partial charge in [0, 0.05) is 12.0 Å². The van der Waals surface area contributed by atoms with Crippen molar-refractivity contribution in [2.75, 3.05) is 11.6 Å². The second-order valence-corrected chi connectivity index (χ2v) is 6.33. The molecule has 6 nitrogen and oxygen atoms in total. The Kier molecular flexibility index (Phi) is 2.90. The maximum atomic E-state index is 6.23. The maximum absolute atomic E-state index is 6.23. The third kappa shape index (κ3) is 2.09. The number of rotatable bonds is 3. The van der Waals surface area contributed by atoms with Gasteiger partial charge in [0.2, 0.25) is 0 Å². The van der Waals surface area contributed by atoms with Crippen molar-refractivity contribution < 1.29 is 0 Å². The van der Waals surface area contributed by atoms with Crippen LogP contribution in [0.25, 0.3) is 11.4 Å². The summed E-state index contributed by atoms with van der Waals surface area (Å²) in [6, 6.07) is 0.558. The van der Waals surface area contributed by atoms with E-state index < -0.39 is 0 Å². The molecule has 2 heterocycles. The largest absolute Gasteiger partial charge is 0.382 e. The molecule has 2 fully saturated rings. The van der Waals surface area contributed by atoms with E-state index in [0.29, 0.717) is 17.8 Å². The van der Waals surface area contributed by atoms with Crippen molar-refractivity contribution >= 4 is 5.82 Å². The van der Waals surface area contributed by atoms with Crippen LogP contribution >= 0.6 is 0 Å². The molecule has 0 bridgehead atoms. The number of nitrogens with zero attached hydrogens (tertiary/aromatic N) is 4. The van der Waals surface area contributed by atoms with Gasteiger partial charge in [0.05, 0.1) is 18.2 Å². The molecule has 0 unspecified atom stereocenters. The number of hydrogen-bond acceptors (Lipinski definition) is 4. The summed E-state index contributed by atoms with van der Waals surface area (Å²) in [5.74, 6) is 8.11. The highest BCUT2D eigenvalue weighted by molar-refractivity contribution is 5.68. The lowest BCUT2D eigenvalue weighted by molar-refractivity contribution is 0.424. The van der Waals surface area contributed by atoms with E-state index >= 15 is 0 Å². The van der Waals surface area contributed by atoms with E-state index in [1.807, 2.05) is 12.5 Å². The molecule has 0 radical (unpaired) electrons. The third-order valence-corrected chi connectivity index (χ3v) is 4.79. The van der Waals surface area contributed by atoms with Gasteiger partial charge in [-0.05, 0) is 25.7 Å². The first-order valence-electron chi connectivity index (χ1n) is 7.91. The van der Waals surface area contributed by atoms with Crippen LogP contribution in [0.5, 0.6) is 0 Å². The van der Waals surface area contributed by atoms with E-state index in [4.69, 9.17) is 16.6 Å². The van der Waals surface area contributed by atoms with Gasteiger partial charge in [-0.2, -0.15) is 0 Å². The van der Waals surface area contributed by atoms with E-state index in [2.05, 4.69) is 9.55 Å². The highest BCUT2D eigenvalue weighted by Gasteiger charge is 2.29. The van der Waals surface area contributed by atoms with E-state index in [-0.39, 0.29) is 0 Å². The minimum absolute atomic E-state index is 0.442. The van der Waals surface area contributed by atoms with Crippen LogP contribution in [0.1, 0.15) is 62.7 Å². The summed E-state index contributed by atoms with van der Waals surface area (Å²) in [5.41, 5.74) is 8.02. The van der Waals surface area contributed by atoms with Crippen LogP contribution in [0.3, 0.4) is 0 Å². The van der Waals surface area contributed by atoms with Crippen LogP contribution in [0, 0.1) is 0 Å². The summed E-state index contributed by atoms with van der Waals surface area (Å²) in [7, 11) is 0. The van der Waals surface area contributed by atoms with E-state index in [1.54, 1.807) is 4.68 Å². The molecule has 0 aliphatic heterocycles. The monoisotopic (exact) mass is 286 g/mol. The average molecular weight is 286 g/mol. The number of imidazole rings is 2. The van der Waals surface area contributed by atoms with Crippen molar-refractivity contribution in [3.63, 3.8) is 0 Å². The molecule has 2 aromatic rings. The predicted molar refractivity (Wildman–Crippen MR) is 82.1 cm³/mol. The molecule has 2 saturated carbocycles. The normalized spacial score (nSPS) is 20.0. The number of nitrogen functional groups attached to an aromatic ring is 2. The average Bonchev–Trinajstić information content (AvgIpc) is 3.18. The summed E-state index contributed by atoms with van der Waals surface area (Å²) in [6.45, 7) is 0. The van der Waals surface area contributed by atoms with Crippen LogP contribution in [-0.4, -0.2) is 19.2 Å². The number of nitrogens with two attached hydrogens (primary N) is 2. The molecule has 0 atom stereocenters. The van der Waals surface area contributed by atoms with Crippen molar-refractivity contribution in [2.24, 2.45) is 0 Å². The minimum Gasteiger partial charge on any atom is -0.382 e. The summed E-state index contributed by atoms with van der Waals surface area (Å²) in [6.07, 6.45) is 12.3. The van der Waals surface area contributed by atoms with E-state index in [1.165, 1.54) is 32.1 Å². The van der Waals surface area contributed by atoms with Gasteiger partial charge in [-0.25, -0.2) is 14.6 Å². The quantitative estimate of drug-likeness (QED) is 0.848. The van der Waals surface area contributed by atoms with Gasteiger partial charge in [0.25, 0.3) is 0 Å². The van der Waals surface area contributed by atoms with Gasteiger partial charge >= 0.3 is 0 Å². The second-order valence-electron chi connectivity index (χ2n) is 6.33. The molecule has 0 aromatic carbocycles. The molecule has 6 heteroatoms. The van der Waals surface area contributed by atoms with Gasteiger partial charge < -0.3 is 16.1 Å². The fourth-order valence-corrected chi connectivity index (χ4v) is 3.43. The van der Waals surface area contributed by atoms with E-state index in [0.717, 1.165) is 30.1 Å². The molecule has 4 N–H and O–H groups in total.